The van der Waals surface area contributed by atoms with Gasteiger partial charge in [0.2, 0.25) is 0 Å². The molecule has 1 N–H and O–H groups in total. The predicted molar refractivity (Wildman–Crippen MR) is 87.1 cm³/mol. The Morgan fingerprint density at radius 3 is 2.35 bits per heavy atom. The first kappa shape index (κ1) is 17.9. The minimum atomic E-state index is 0.241. The van der Waals surface area contributed by atoms with E-state index in [0.717, 1.165) is 26.3 Å². The average Bonchev–Trinajstić information content (AvgIpc) is 2.38. The third-order valence-corrected chi connectivity index (χ3v) is 4.93. The van der Waals surface area contributed by atoms with Gasteiger partial charge in [-0.2, -0.15) is 0 Å². The van der Waals surface area contributed by atoms with Crippen molar-refractivity contribution >= 4 is 0 Å². The summed E-state index contributed by atoms with van der Waals surface area (Å²) in [6, 6.07) is 1.14. The van der Waals surface area contributed by atoms with Crippen LogP contribution in [0.3, 0.4) is 0 Å². The molecule has 1 saturated heterocycles. The highest BCUT2D eigenvalue weighted by molar-refractivity contribution is 4.98. The van der Waals surface area contributed by atoms with Gasteiger partial charge in [0, 0.05) is 37.3 Å². The average molecular weight is 284 g/mol. The summed E-state index contributed by atoms with van der Waals surface area (Å²) in [7, 11) is 0. The Kier molecular flexibility index (Phi) is 6.96. The van der Waals surface area contributed by atoms with Gasteiger partial charge >= 0.3 is 0 Å². The van der Waals surface area contributed by atoms with Crippen molar-refractivity contribution in [3.8, 4) is 0 Å². The van der Waals surface area contributed by atoms with E-state index >= 15 is 0 Å². The van der Waals surface area contributed by atoms with Crippen molar-refractivity contribution in [1.29, 1.82) is 0 Å². The van der Waals surface area contributed by atoms with Gasteiger partial charge in [-0.1, -0.05) is 34.6 Å². The van der Waals surface area contributed by atoms with Crippen molar-refractivity contribution in [3.63, 3.8) is 0 Å². The summed E-state index contributed by atoms with van der Waals surface area (Å²) < 4.78 is 5.78. The van der Waals surface area contributed by atoms with Crippen molar-refractivity contribution in [1.82, 2.24) is 10.2 Å². The van der Waals surface area contributed by atoms with E-state index in [0.29, 0.717) is 23.9 Å². The second kappa shape index (κ2) is 7.77. The summed E-state index contributed by atoms with van der Waals surface area (Å²) in [5, 5.41) is 3.77. The molecule has 0 bridgehead atoms. The van der Waals surface area contributed by atoms with Crippen LogP contribution in [-0.2, 0) is 4.74 Å². The van der Waals surface area contributed by atoms with Gasteiger partial charge < -0.3 is 10.1 Å². The molecular weight excluding hydrogens is 248 g/mol. The standard InChI is InChI=1S/C17H36N2O/c1-8-17(7)12-19(15(10-18-17)13(3)4)16(14(5)6)11-20-9-2/h13-16,18H,8-12H2,1-7H3. The SMILES string of the molecule is CCOCC(C(C)C)N1CC(C)(CC)NCC1C(C)C. The summed E-state index contributed by atoms with van der Waals surface area (Å²) in [4.78, 5) is 2.73. The minimum Gasteiger partial charge on any atom is -0.380 e. The summed E-state index contributed by atoms with van der Waals surface area (Å²) in [5.41, 5.74) is 0.241. The number of hydrogen-bond acceptors (Lipinski definition) is 3. The second-order valence-electron chi connectivity index (χ2n) is 7.25. The fourth-order valence-corrected chi connectivity index (χ4v) is 3.17. The second-order valence-corrected chi connectivity index (χ2v) is 7.25. The monoisotopic (exact) mass is 284 g/mol. The highest BCUT2D eigenvalue weighted by Gasteiger charge is 2.39. The van der Waals surface area contributed by atoms with Gasteiger partial charge in [-0.05, 0) is 32.1 Å². The van der Waals surface area contributed by atoms with E-state index in [1.165, 1.54) is 6.42 Å². The van der Waals surface area contributed by atoms with Crippen molar-refractivity contribution in [3.05, 3.63) is 0 Å². The number of rotatable bonds is 7. The van der Waals surface area contributed by atoms with Gasteiger partial charge in [0.15, 0.2) is 0 Å². The maximum Gasteiger partial charge on any atom is 0.0624 e. The van der Waals surface area contributed by atoms with E-state index < -0.39 is 0 Å². The zero-order valence-corrected chi connectivity index (χ0v) is 14.7. The first-order chi connectivity index (χ1) is 9.34. The van der Waals surface area contributed by atoms with Crippen LogP contribution in [0, 0.1) is 11.8 Å². The highest BCUT2D eigenvalue weighted by atomic mass is 16.5. The molecule has 1 aliphatic heterocycles. The zero-order valence-electron chi connectivity index (χ0n) is 14.7. The molecule has 120 valence electrons. The molecular formula is C17H36N2O. The molecule has 0 spiro atoms. The molecule has 0 aromatic heterocycles. The molecule has 3 unspecified atom stereocenters. The maximum atomic E-state index is 5.78. The normalized spacial score (nSPS) is 30.1. The van der Waals surface area contributed by atoms with Crippen molar-refractivity contribution in [2.24, 2.45) is 11.8 Å². The van der Waals surface area contributed by atoms with Crippen molar-refractivity contribution in [2.45, 2.75) is 72.5 Å². The summed E-state index contributed by atoms with van der Waals surface area (Å²) in [6.45, 7) is 20.0. The molecule has 3 atom stereocenters. The van der Waals surface area contributed by atoms with Crippen LogP contribution in [0.2, 0.25) is 0 Å². The molecule has 1 heterocycles. The number of nitrogens with zero attached hydrogens (tertiary/aromatic N) is 1. The third kappa shape index (κ3) is 4.44. The van der Waals surface area contributed by atoms with Crippen LogP contribution in [0.25, 0.3) is 0 Å². The number of piperazine rings is 1. The molecule has 0 aromatic carbocycles. The fourth-order valence-electron chi connectivity index (χ4n) is 3.17. The lowest BCUT2D eigenvalue weighted by Gasteiger charge is -2.51. The van der Waals surface area contributed by atoms with E-state index in [1.54, 1.807) is 0 Å². The molecule has 0 radical (unpaired) electrons. The lowest BCUT2D eigenvalue weighted by Crippen LogP contribution is -2.67. The van der Waals surface area contributed by atoms with Crippen LogP contribution in [0.15, 0.2) is 0 Å². The molecule has 1 aliphatic rings. The van der Waals surface area contributed by atoms with E-state index in [1.807, 2.05) is 0 Å². The zero-order chi connectivity index (χ0) is 15.3. The topological polar surface area (TPSA) is 24.5 Å². The molecule has 0 amide bonds. The Labute approximate surface area is 126 Å². The third-order valence-electron chi connectivity index (χ3n) is 4.93. The van der Waals surface area contributed by atoms with Gasteiger partial charge in [0.05, 0.1) is 6.61 Å². The van der Waals surface area contributed by atoms with Crippen LogP contribution >= 0.6 is 0 Å². The van der Waals surface area contributed by atoms with Gasteiger partial charge in [0.1, 0.15) is 0 Å². The quantitative estimate of drug-likeness (QED) is 0.777. The number of hydrogen-bond donors (Lipinski definition) is 1. The summed E-state index contributed by atoms with van der Waals surface area (Å²) in [6.07, 6.45) is 1.17. The van der Waals surface area contributed by atoms with Gasteiger partial charge in [-0.3, -0.25) is 4.90 Å². The predicted octanol–water partition coefficient (Wildman–Crippen LogP) is 3.15. The lowest BCUT2D eigenvalue weighted by molar-refractivity contribution is -0.0284. The Balaban J connectivity index is 2.90. The van der Waals surface area contributed by atoms with E-state index in [2.05, 4.69) is 58.7 Å². The first-order valence-corrected chi connectivity index (χ1v) is 8.43. The van der Waals surface area contributed by atoms with Gasteiger partial charge in [-0.15, -0.1) is 0 Å². The smallest absolute Gasteiger partial charge is 0.0624 e. The van der Waals surface area contributed by atoms with Gasteiger partial charge in [-0.25, -0.2) is 0 Å². The Morgan fingerprint density at radius 1 is 1.25 bits per heavy atom. The maximum absolute atomic E-state index is 5.78. The number of nitrogens with one attached hydrogen (secondary N) is 1. The van der Waals surface area contributed by atoms with Crippen LogP contribution in [0.1, 0.15) is 54.9 Å². The van der Waals surface area contributed by atoms with Crippen LogP contribution < -0.4 is 5.32 Å². The Morgan fingerprint density at radius 2 is 1.90 bits per heavy atom. The van der Waals surface area contributed by atoms with Crippen molar-refractivity contribution < 1.29 is 4.74 Å². The molecule has 3 heteroatoms. The molecule has 0 saturated carbocycles. The molecule has 1 fully saturated rings. The Hall–Kier alpha value is -0.120. The molecule has 0 aromatic rings. The van der Waals surface area contributed by atoms with Crippen LogP contribution in [-0.4, -0.2) is 48.8 Å². The van der Waals surface area contributed by atoms with Crippen LogP contribution in [0.4, 0.5) is 0 Å². The lowest BCUT2D eigenvalue weighted by atomic mass is 9.87. The van der Waals surface area contributed by atoms with E-state index in [-0.39, 0.29) is 5.54 Å². The van der Waals surface area contributed by atoms with Crippen molar-refractivity contribution in [2.75, 3.05) is 26.3 Å². The molecule has 1 rings (SSSR count). The van der Waals surface area contributed by atoms with E-state index in [9.17, 15) is 0 Å². The molecule has 0 aliphatic carbocycles. The minimum absolute atomic E-state index is 0.241. The van der Waals surface area contributed by atoms with E-state index in [4.69, 9.17) is 4.74 Å². The summed E-state index contributed by atoms with van der Waals surface area (Å²) >= 11 is 0. The largest absolute Gasteiger partial charge is 0.380 e. The Bertz CT molecular complexity index is 280. The first-order valence-electron chi connectivity index (χ1n) is 8.43. The van der Waals surface area contributed by atoms with Gasteiger partial charge in [0.25, 0.3) is 0 Å². The molecule has 3 nitrogen and oxygen atoms in total. The fraction of sp³-hybridized carbons (Fsp3) is 1.00. The number of ether oxygens (including phenoxy) is 1. The highest BCUT2D eigenvalue weighted by Crippen LogP contribution is 2.27. The summed E-state index contributed by atoms with van der Waals surface area (Å²) in [5.74, 6) is 1.30. The van der Waals surface area contributed by atoms with Crippen LogP contribution in [0.5, 0.6) is 0 Å². The molecule has 20 heavy (non-hydrogen) atoms.